The molecule has 6 nitrogen and oxygen atoms in total. The van der Waals surface area contributed by atoms with E-state index >= 15 is 0 Å². The Morgan fingerprint density at radius 1 is 1.18 bits per heavy atom. The van der Waals surface area contributed by atoms with Crippen LogP contribution in [0.1, 0.15) is 52.0 Å². The summed E-state index contributed by atoms with van der Waals surface area (Å²) < 4.78 is 10.6. The van der Waals surface area contributed by atoms with Crippen molar-refractivity contribution in [1.29, 1.82) is 0 Å². The molecule has 1 aliphatic rings. The Hall–Kier alpha value is -2.63. The highest BCUT2D eigenvalue weighted by Crippen LogP contribution is 2.27. The Balaban J connectivity index is 1.58. The molecular formula is C22H29N3O3. The minimum atomic E-state index is -0.464. The number of amides is 1. The minimum Gasteiger partial charge on any atom is -0.481 e. The summed E-state index contributed by atoms with van der Waals surface area (Å²) in [4.78, 5) is 20.8. The molecule has 3 rings (SSSR count). The van der Waals surface area contributed by atoms with E-state index in [-0.39, 0.29) is 12.1 Å². The number of methoxy groups -OCH3 is 1. The van der Waals surface area contributed by atoms with Crippen molar-refractivity contribution in [3.05, 3.63) is 36.0 Å². The Morgan fingerprint density at radius 2 is 1.93 bits per heavy atom. The second kappa shape index (κ2) is 8.59. The van der Waals surface area contributed by atoms with Gasteiger partial charge in [0, 0.05) is 23.9 Å². The molecule has 1 amide bonds. The highest BCUT2D eigenvalue weighted by molar-refractivity contribution is 5.84. The monoisotopic (exact) mass is 383 g/mol. The zero-order valence-electron chi connectivity index (χ0n) is 17.1. The molecule has 28 heavy (non-hydrogen) atoms. The predicted octanol–water partition coefficient (Wildman–Crippen LogP) is 4.74. The molecule has 2 aromatic rings. The average molecular weight is 383 g/mol. The van der Waals surface area contributed by atoms with E-state index < -0.39 is 5.60 Å². The summed E-state index contributed by atoms with van der Waals surface area (Å²) >= 11 is 0. The molecule has 0 aliphatic heterocycles. The van der Waals surface area contributed by atoms with Crippen molar-refractivity contribution in [2.45, 2.75) is 58.1 Å². The lowest BCUT2D eigenvalue weighted by Gasteiger charge is -2.28. The fourth-order valence-corrected chi connectivity index (χ4v) is 3.45. The number of hydrogen-bond donors (Lipinski definition) is 1. The van der Waals surface area contributed by atoms with Gasteiger partial charge in [-0.15, -0.1) is 0 Å². The number of aromatic nitrogens is 2. The fourth-order valence-electron chi connectivity index (χ4n) is 3.45. The van der Waals surface area contributed by atoms with E-state index in [0.29, 0.717) is 11.8 Å². The summed E-state index contributed by atoms with van der Waals surface area (Å²) in [6.07, 6.45) is 9.84. The van der Waals surface area contributed by atoms with Crippen molar-refractivity contribution in [2.75, 3.05) is 7.11 Å². The maximum Gasteiger partial charge on any atom is 0.407 e. The lowest BCUT2D eigenvalue weighted by Crippen LogP contribution is -2.40. The van der Waals surface area contributed by atoms with Crippen LogP contribution in [-0.4, -0.2) is 34.8 Å². The van der Waals surface area contributed by atoms with E-state index in [0.717, 1.165) is 42.3 Å². The first-order valence-electron chi connectivity index (χ1n) is 9.81. The fraction of sp³-hybridized carbons (Fsp3) is 0.500. The average Bonchev–Trinajstić information content (AvgIpc) is 2.65. The number of carbonyl (C=O) groups excluding carboxylic acids is 1. The van der Waals surface area contributed by atoms with Crippen LogP contribution in [0.5, 0.6) is 5.88 Å². The number of alkyl carbamates (subject to hydrolysis) is 1. The van der Waals surface area contributed by atoms with Gasteiger partial charge in [0.1, 0.15) is 5.60 Å². The van der Waals surface area contributed by atoms with Gasteiger partial charge in [0.05, 0.1) is 18.1 Å². The van der Waals surface area contributed by atoms with E-state index in [1.165, 1.54) is 0 Å². The Bertz CT molecular complexity index is 850. The lowest BCUT2D eigenvalue weighted by molar-refractivity contribution is 0.0490. The zero-order valence-corrected chi connectivity index (χ0v) is 17.1. The summed E-state index contributed by atoms with van der Waals surface area (Å²) in [5.41, 5.74) is 2.28. The number of ether oxygens (including phenoxy) is 2. The highest BCUT2D eigenvalue weighted by Gasteiger charge is 2.23. The van der Waals surface area contributed by atoms with Gasteiger partial charge in [-0.05, 0) is 64.5 Å². The lowest BCUT2D eigenvalue weighted by atomic mass is 9.85. The van der Waals surface area contributed by atoms with Gasteiger partial charge in [-0.3, -0.25) is 4.98 Å². The van der Waals surface area contributed by atoms with Gasteiger partial charge in [0.15, 0.2) is 0 Å². The summed E-state index contributed by atoms with van der Waals surface area (Å²) in [5, 5.41) is 2.99. The molecular weight excluding hydrogens is 354 g/mol. The summed E-state index contributed by atoms with van der Waals surface area (Å²) in [6.45, 7) is 5.63. The van der Waals surface area contributed by atoms with Crippen molar-refractivity contribution in [3.63, 3.8) is 0 Å². The van der Waals surface area contributed by atoms with Crippen LogP contribution in [0.2, 0.25) is 0 Å². The topological polar surface area (TPSA) is 73.3 Å². The number of nitrogens with zero attached hydrogens (tertiary/aromatic N) is 2. The summed E-state index contributed by atoms with van der Waals surface area (Å²) in [7, 11) is 1.61. The molecule has 1 N–H and O–H groups in total. The second-order valence-corrected chi connectivity index (χ2v) is 8.24. The Morgan fingerprint density at radius 3 is 2.61 bits per heavy atom. The van der Waals surface area contributed by atoms with Crippen molar-refractivity contribution in [3.8, 4) is 5.88 Å². The highest BCUT2D eigenvalue weighted by atomic mass is 16.6. The quantitative estimate of drug-likeness (QED) is 0.826. The summed E-state index contributed by atoms with van der Waals surface area (Å²) in [5.74, 6) is 1.08. The third-order valence-electron chi connectivity index (χ3n) is 4.84. The molecule has 2 heterocycles. The van der Waals surface area contributed by atoms with Crippen LogP contribution in [0.4, 0.5) is 4.79 Å². The van der Waals surface area contributed by atoms with Crippen LogP contribution >= 0.6 is 0 Å². The van der Waals surface area contributed by atoms with Crippen molar-refractivity contribution in [1.82, 2.24) is 15.3 Å². The second-order valence-electron chi connectivity index (χ2n) is 8.24. The van der Waals surface area contributed by atoms with E-state index in [1.54, 1.807) is 13.3 Å². The standard InChI is InChI=1S/C22H29N3O3/c1-22(2,3)28-21(26)24-17-9-6-15(7-10-17)5-8-16-13-14-23-18-11-12-19(27-4)25-20(16)18/h5,8,11-15,17H,6-7,9-10H2,1-4H3,(H,24,26). The van der Waals surface area contributed by atoms with Crippen molar-refractivity contribution < 1.29 is 14.3 Å². The Labute approximate surface area is 166 Å². The normalized spacial score (nSPS) is 20.3. The van der Waals surface area contributed by atoms with Crippen molar-refractivity contribution in [2.24, 2.45) is 5.92 Å². The molecule has 0 saturated heterocycles. The number of carbonyl (C=O) groups is 1. The van der Waals surface area contributed by atoms with Gasteiger partial charge in [-0.1, -0.05) is 12.2 Å². The van der Waals surface area contributed by atoms with Crippen molar-refractivity contribution >= 4 is 23.2 Å². The van der Waals surface area contributed by atoms with Gasteiger partial charge in [0.2, 0.25) is 5.88 Å². The predicted molar refractivity (Wildman–Crippen MR) is 110 cm³/mol. The van der Waals surface area contributed by atoms with E-state index in [4.69, 9.17) is 9.47 Å². The molecule has 1 fully saturated rings. The molecule has 1 saturated carbocycles. The zero-order chi connectivity index (χ0) is 20.1. The van der Waals surface area contributed by atoms with Crippen LogP contribution in [0.25, 0.3) is 17.1 Å². The molecule has 0 unspecified atom stereocenters. The maximum absolute atomic E-state index is 11.9. The van der Waals surface area contributed by atoms with Gasteiger partial charge in [-0.25, -0.2) is 9.78 Å². The van der Waals surface area contributed by atoms with Gasteiger partial charge in [-0.2, -0.15) is 0 Å². The number of allylic oxidation sites excluding steroid dienone is 1. The number of nitrogens with one attached hydrogen (secondary N) is 1. The molecule has 150 valence electrons. The van der Waals surface area contributed by atoms with Crippen LogP contribution in [0, 0.1) is 5.92 Å². The third-order valence-corrected chi connectivity index (χ3v) is 4.84. The molecule has 6 heteroatoms. The smallest absolute Gasteiger partial charge is 0.407 e. The molecule has 2 aromatic heterocycles. The molecule has 0 bridgehead atoms. The SMILES string of the molecule is COc1ccc2nccc(C=CC3CCC(NC(=O)OC(C)(C)C)CC3)c2n1. The van der Waals surface area contributed by atoms with Crippen LogP contribution < -0.4 is 10.1 Å². The first-order chi connectivity index (χ1) is 13.3. The molecule has 0 atom stereocenters. The van der Waals surface area contributed by atoms with Gasteiger partial charge < -0.3 is 14.8 Å². The molecule has 0 aromatic carbocycles. The van der Waals surface area contributed by atoms with Crippen LogP contribution in [-0.2, 0) is 4.74 Å². The van der Waals surface area contributed by atoms with Crippen LogP contribution in [0.3, 0.4) is 0 Å². The van der Waals surface area contributed by atoms with E-state index in [9.17, 15) is 4.79 Å². The molecule has 1 aliphatic carbocycles. The number of rotatable bonds is 4. The minimum absolute atomic E-state index is 0.187. The number of hydrogen-bond acceptors (Lipinski definition) is 5. The van der Waals surface area contributed by atoms with E-state index in [2.05, 4.69) is 27.4 Å². The summed E-state index contributed by atoms with van der Waals surface area (Å²) in [6, 6.07) is 5.90. The van der Waals surface area contributed by atoms with E-state index in [1.807, 2.05) is 39.0 Å². The molecule has 0 spiro atoms. The first kappa shape index (κ1) is 20.1. The maximum atomic E-state index is 11.9. The Kier molecular flexibility index (Phi) is 6.17. The van der Waals surface area contributed by atoms with Gasteiger partial charge >= 0.3 is 6.09 Å². The number of fused-ring (bicyclic) bond motifs is 1. The first-order valence-corrected chi connectivity index (χ1v) is 9.81. The molecule has 0 radical (unpaired) electrons. The largest absolute Gasteiger partial charge is 0.481 e. The number of pyridine rings is 2. The van der Waals surface area contributed by atoms with Gasteiger partial charge in [0.25, 0.3) is 0 Å². The van der Waals surface area contributed by atoms with Crippen LogP contribution in [0.15, 0.2) is 30.5 Å². The third kappa shape index (κ3) is 5.44.